The maximum atomic E-state index is 6.99. The van der Waals surface area contributed by atoms with Gasteiger partial charge in [0.25, 0.3) is 6.71 Å². The van der Waals surface area contributed by atoms with E-state index in [0.717, 1.165) is 66.8 Å². The molecule has 0 amide bonds. The Hall–Kier alpha value is -6.33. The Morgan fingerprint density at radius 1 is 0.574 bits per heavy atom. The molecular formula is C49H39BN2O2. The molecule has 0 N–H and O–H groups in total. The van der Waals surface area contributed by atoms with E-state index in [1.54, 1.807) is 0 Å². The molecule has 3 heterocycles. The number of nitrogens with zero attached hydrogens (tertiary/aromatic N) is 2. The van der Waals surface area contributed by atoms with Crippen molar-refractivity contribution in [3.63, 3.8) is 0 Å². The molecule has 4 nitrogen and oxygen atoms in total. The number of rotatable bonds is 6. The zero-order valence-corrected chi connectivity index (χ0v) is 30.9. The van der Waals surface area contributed by atoms with Gasteiger partial charge in [-0.25, -0.2) is 4.98 Å². The van der Waals surface area contributed by atoms with Crippen molar-refractivity contribution in [2.24, 2.45) is 0 Å². The fourth-order valence-electron chi connectivity index (χ4n) is 8.48. The van der Waals surface area contributed by atoms with Crippen LogP contribution in [0.5, 0.6) is 11.5 Å². The van der Waals surface area contributed by atoms with Crippen molar-refractivity contribution < 1.29 is 9.15 Å². The van der Waals surface area contributed by atoms with E-state index in [4.69, 9.17) is 14.1 Å². The lowest BCUT2D eigenvalue weighted by Gasteiger charge is -2.26. The number of aromatic nitrogens is 2. The van der Waals surface area contributed by atoms with Crippen LogP contribution in [0, 0.1) is 0 Å². The van der Waals surface area contributed by atoms with Crippen LogP contribution in [-0.2, 0) is 0 Å². The van der Waals surface area contributed by atoms with Crippen molar-refractivity contribution in [3.8, 4) is 39.7 Å². The summed E-state index contributed by atoms with van der Waals surface area (Å²) in [7, 11) is 0. The molecule has 0 atom stereocenters. The first-order valence-corrected chi connectivity index (χ1v) is 19.0. The van der Waals surface area contributed by atoms with E-state index in [1.807, 2.05) is 6.07 Å². The molecule has 7 aromatic carbocycles. The van der Waals surface area contributed by atoms with Crippen molar-refractivity contribution in [1.82, 2.24) is 9.55 Å². The zero-order valence-electron chi connectivity index (χ0n) is 30.9. The lowest BCUT2D eigenvalue weighted by Crippen LogP contribution is -2.54. The van der Waals surface area contributed by atoms with E-state index in [2.05, 4.69) is 178 Å². The number of furan rings is 1. The fourth-order valence-corrected chi connectivity index (χ4v) is 8.48. The molecule has 9 aromatic rings. The van der Waals surface area contributed by atoms with Gasteiger partial charge >= 0.3 is 0 Å². The van der Waals surface area contributed by atoms with E-state index in [9.17, 15) is 0 Å². The van der Waals surface area contributed by atoms with E-state index in [1.165, 1.54) is 33.4 Å². The van der Waals surface area contributed by atoms with Gasteiger partial charge in [0.1, 0.15) is 28.5 Å². The molecule has 10 rings (SSSR count). The quantitative estimate of drug-likeness (QED) is 0.162. The predicted octanol–water partition coefficient (Wildman–Crippen LogP) is 11.1. The number of benzene rings is 7. The first-order chi connectivity index (χ1) is 26.4. The fraction of sp³-hybridized carbons (Fsp3) is 0.122. The predicted molar refractivity (Wildman–Crippen MR) is 225 cm³/mol. The highest BCUT2D eigenvalue weighted by molar-refractivity contribution is 6.97. The van der Waals surface area contributed by atoms with Gasteiger partial charge in [-0.15, -0.1) is 0 Å². The second-order valence-corrected chi connectivity index (χ2v) is 15.1. The summed E-state index contributed by atoms with van der Waals surface area (Å²) in [6.07, 6.45) is 0. The Kier molecular flexibility index (Phi) is 7.59. The van der Waals surface area contributed by atoms with Gasteiger partial charge in [-0.1, -0.05) is 136 Å². The summed E-state index contributed by atoms with van der Waals surface area (Å²) >= 11 is 0. The topological polar surface area (TPSA) is 40.2 Å². The SMILES string of the molecule is CC(C)c1cc(-c2ccccc2)cc(C(C)C)c1-n1c(-c2cccc3c2oc2cc4c(cc23)Oc2ccccc2B4c2ccccc2)nc2ccccc21. The molecule has 54 heavy (non-hydrogen) atoms. The number of ether oxygens (including phenoxy) is 1. The minimum atomic E-state index is 0.0233. The molecule has 260 valence electrons. The van der Waals surface area contributed by atoms with Crippen LogP contribution < -0.4 is 21.1 Å². The van der Waals surface area contributed by atoms with Gasteiger partial charge in [0.2, 0.25) is 0 Å². The summed E-state index contributed by atoms with van der Waals surface area (Å²) in [5, 5.41) is 2.06. The largest absolute Gasteiger partial charge is 0.458 e. The van der Waals surface area contributed by atoms with Gasteiger partial charge in [0, 0.05) is 10.8 Å². The average Bonchev–Trinajstić information content (AvgIpc) is 3.77. The molecule has 0 spiro atoms. The van der Waals surface area contributed by atoms with Crippen LogP contribution in [0.1, 0.15) is 50.7 Å². The Balaban J connectivity index is 1.23. The van der Waals surface area contributed by atoms with Crippen molar-refractivity contribution in [2.45, 2.75) is 39.5 Å². The van der Waals surface area contributed by atoms with E-state index in [-0.39, 0.29) is 18.5 Å². The van der Waals surface area contributed by atoms with Crippen molar-refractivity contribution in [3.05, 3.63) is 163 Å². The monoisotopic (exact) mass is 698 g/mol. The van der Waals surface area contributed by atoms with Gasteiger partial charge < -0.3 is 9.15 Å². The molecule has 1 aliphatic rings. The Morgan fingerprint density at radius 3 is 2.02 bits per heavy atom. The number of hydrogen-bond acceptors (Lipinski definition) is 3. The van der Waals surface area contributed by atoms with Crippen LogP contribution in [0.15, 0.2) is 156 Å². The molecule has 0 radical (unpaired) electrons. The van der Waals surface area contributed by atoms with Crippen LogP contribution in [-0.4, -0.2) is 16.3 Å². The maximum absolute atomic E-state index is 6.99. The Labute approximate surface area is 315 Å². The molecule has 1 aliphatic heterocycles. The highest BCUT2D eigenvalue weighted by Crippen LogP contribution is 2.43. The van der Waals surface area contributed by atoms with Gasteiger partial charge in [-0.2, -0.15) is 0 Å². The lowest BCUT2D eigenvalue weighted by atomic mass is 9.36. The van der Waals surface area contributed by atoms with Crippen LogP contribution in [0.4, 0.5) is 0 Å². The molecule has 0 saturated carbocycles. The normalized spacial score (nSPS) is 12.5. The van der Waals surface area contributed by atoms with Gasteiger partial charge in [-0.3, -0.25) is 4.57 Å². The molecule has 0 fully saturated rings. The van der Waals surface area contributed by atoms with E-state index in [0.29, 0.717) is 0 Å². The first kappa shape index (κ1) is 32.3. The molecule has 0 bridgehead atoms. The lowest BCUT2D eigenvalue weighted by molar-refractivity contribution is 0.488. The molecule has 0 unspecified atom stereocenters. The molecular weight excluding hydrogens is 659 g/mol. The number of imidazole rings is 1. The second kappa shape index (κ2) is 12.7. The number of fused-ring (bicyclic) bond motifs is 6. The van der Waals surface area contributed by atoms with Crippen LogP contribution in [0.2, 0.25) is 0 Å². The third-order valence-electron chi connectivity index (χ3n) is 11.1. The third-order valence-corrected chi connectivity index (χ3v) is 11.1. The summed E-state index contributed by atoms with van der Waals surface area (Å²) in [4.78, 5) is 5.40. The van der Waals surface area contributed by atoms with Crippen molar-refractivity contribution in [2.75, 3.05) is 0 Å². The average molecular weight is 699 g/mol. The minimum absolute atomic E-state index is 0.0233. The molecule has 5 heteroatoms. The summed E-state index contributed by atoms with van der Waals surface area (Å²) in [6, 6.07) is 53.8. The highest BCUT2D eigenvalue weighted by atomic mass is 16.5. The standard InChI is InChI=1S/C49H39BN2O2/c1-30(2)37-26-33(32-16-7-5-8-17-32)27-38(31(3)4)47(37)52-43-24-13-12-23-42(43)51-49(52)36-21-15-20-35-39-28-46-41(29-45(39)54-48(35)36)50(34-18-9-6-10-19-34)40-22-11-14-25-44(40)53-46/h5-31H,1-4H3. The summed E-state index contributed by atoms with van der Waals surface area (Å²) in [6.45, 7) is 9.20. The van der Waals surface area contributed by atoms with E-state index >= 15 is 0 Å². The van der Waals surface area contributed by atoms with Crippen LogP contribution in [0.25, 0.3) is 61.2 Å². The maximum Gasteiger partial charge on any atom is 0.251 e. The Bertz CT molecular complexity index is 2840. The summed E-state index contributed by atoms with van der Waals surface area (Å²) < 4.78 is 16.0. The van der Waals surface area contributed by atoms with E-state index < -0.39 is 0 Å². The zero-order chi connectivity index (χ0) is 36.5. The summed E-state index contributed by atoms with van der Waals surface area (Å²) in [5.41, 5.74) is 14.3. The molecule has 0 aliphatic carbocycles. The third kappa shape index (κ3) is 5.10. The minimum Gasteiger partial charge on any atom is -0.458 e. The van der Waals surface area contributed by atoms with Crippen LogP contribution >= 0.6 is 0 Å². The Morgan fingerprint density at radius 2 is 1.26 bits per heavy atom. The first-order valence-electron chi connectivity index (χ1n) is 19.0. The second-order valence-electron chi connectivity index (χ2n) is 15.1. The van der Waals surface area contributed by atoms with Gasteiger partial charge in [0.05, 0.1) is 22.3 Å². The number of para-hydroxylation sites is 4. The molecule has 0 saturated heterocycles. The smallest absolute Gasteiger partial charge is 0.251 e. The molecule has 2 aromatic heterocycles. The summed E-state index contributed by atoms with van der Waals surface area (Å²) in [5.74, 6) is 3.15. The highest BCUT2D eigenvalue weighted by Gasteiger charge is 2.33. The van der Waals surface area contributed by atoms with Gasteiger partial charge in [0.15, 0.2) is 0 Å². The van der Waals surface area contributed by atoms with Gasteiger partial charge in [-0.05, 0) is 93.5 Å². The number of hydrogen-bond donors (Lipinski definition) is 0. The van der Waals surface area contributed by atoms with Crippen LogP contribution in [0.3, 0.4) is 0 Å². The van der Waals surface area contributed by atoms with Crippen molar-refractivity contribution in [1.29, 1.82) is 0 Å². The van der Waals surface area contributed by atoms with Crippen molar-refractivity contribution >= 4 is 56.1 Å².